The topological polar surface area (TPSA) is 52.0 Å². The van der Waals surface area contributed by atoms with E-state index in [1.165, 1.54) is 11.1 Å². The highest BCUT2D eigenvalue weighted by Crippen LogP contribution is 2.34. The van der Waals surface area contributed by atoms with Crippen molar-refractivity contribution in [1.82, 2.24) is 0 Å². The van der Waals surface area contributed by atoms with Gasteiger partial charge in [-0.15, -0.1) is 6.58 Å². The normalized spacial score (nSPS) is 17.1. The minimum atomic E-state index is 0.327. The zero-order chi connectivity index (χ0) is 16.4. The summed E-state index contributed by atoms with van der Waals surface area (Å²) in [5.74, 6) is 1.21. The average molecular weight is 290 g/mol. The molecule has 0 heterocycles. The van der Waals surface area contributed by atoms with Crippen LogP contribution in [-0.4, -0.2) is 0 Å². The minimum Gasteiger partial charge on any atom is -0.405 e. The fourth-order valence-electron chi connectivity index (χ4n) is 2.81. The lowest BCUT2D eigenvalue weighted by atomic mass is 9.79. The third-order valence-corrected chi connectivity index (χ3v) is 4.37. The van der Waals surface area contributed by atoms with Crippen LogP contribution >= 0.6 is 0 Å². The monoisotopic (exact) mass is 290 g/mol. The first kappa shape index (κ1) is 19.6. The quantitative estimate of drug-likeness (QED) is 0.444. The van der Waals surface area contributed by atoms with Gasteiger partial charge in [-0.05, 0) is 55.2 Å². The van der Waals surface area contributed by atoms with Gasteiger partial charge in [0.1, 0.15) is 0 Å². The summed E-state index contributed by atoms with van der Waals surface area (Å²) >= 11 is 0. The van der Waals surface area contributed by atoms with Gasteiger partial charge in [0, 0.05) is 5.70 Å². The molecule has 21 heavy (non-hydrogen) atoms. The summed E-state index contributed by atoms with van der Waals surface area (Å²) in [7, 11) is 0. The van der Waals surface area contributed by atoms with Gasteiger partial charge in [-0.2, -0.15) is 0 Å². The molecule has 4 N–H and O–H groups in total. The third kappa shape index (κ3) is 5.82. The Balaban J connectivity index is 5.93. The van der Waals surface area contributed by atoms with Crippen LogP contribution in [0.3, 0.4) is 0 Å². The lowest BCUT2D eigenvalue weighted by molar-refractivity contribution is 0.546. The van der Waals surface area contributed by atoms with Crippen LogP contribution in [0.15, 0.2) is 48.4 Å². The van der Waals surface area contributed by atoms with Crippen LogP contribution in [-0.2, 0) is 0 Å². The van der Waals surface area contributed by atoms with Crippen molar-refractivity contribution in [3.8, 4) is 0 Å². The van der Waals surface area contributed by atoms with Crippen molar-refractivity contribution in [2.24, 2.45) is 29.2 Å². The van der Waals surface area contributed by atoms with Crippen LogP contribution in [0.25, 0.3) is 0 Å². The molecule has 0 radical (unpaired) electrons. The molecule has 0 aliphatic rings. The average Bonchev–Trinajstić information content (AvgIpc) is 2.48. The molecular weight excluding hydrogens is 256 g/mol. The van der Waals surface area contributed by atoms with Gasteiger partial charge in [0.25, 0.3) is 0 Å². The van der Waals surface area contributed by atoms with Gasteiger partial charge in [-0.1, -0.05) is 52.0 Å². The van der Waals surface area contributed by atoms with E-state index < -0.39 is 0 Å². The van der Waals surface area contributed by atoms with E-state index in [0.29, 0.717) is 23.5 Å². The van der Waals surface area contributed by atoms with Crippen molar-refractivity contribution in [2.75, 3.05) is 0 Å². The van der Waals surface area contributed by atoms with Crippen LogP contribution < -0.4 is 11.5 Å². The molecule has 0 aliphatic carbocycles. The highest BCUT2D eigenvalue weighted by molar-refractivity contribution is 5.36. The first-order chi connectivity index (χ1) is 9.96. The van der Waals surface area contributed by atoms with Crippen molar-refractivity contribution in [1.29, 1.82) is 0 Å². The maximum Gasteiger partial charge on any atom is 0.0276 e. The lowest BCUT2D eigenvalue weighted by Crippen LogP contribution is -2.16. The van der Waals surface area contributed by atoms with E-state index in [-0.39, 0.29) is 0 Å². The molecular formula is C19H34N2. The number of nitrogens with two attached hydrogens (primary N) is 2. The lowest BCUT2D eigenvalue weighted by Gasteiger charge is -2.27. The first-order valence-electron chi connectivity index (χ1n) is 8.15. The Morgan fingerprint density at radius 3 is 2.10 bits per heavy atom. The highest BCUT2D eigenvalue weighted by atomic mass is 14.6. The van der Waals surface area contributed by atoms with E-state index >= 15 is 0 Å². The van der Waals surface area contributed by atoms with E-state index in [1.807, 2.05) is 6.08 Å². The molecule has 0 rings (SSSR count). The maximum atomic E-state index is 6.13. The molecule has 3 unspecified atom stereocenters. The molecule has 0 bridgehead atoms. The molecule has 0 saturated carbocycles. The molecule has 2 heteroatoms. The maximum absolute atomic E-state index is 6.13. The first-order valence-corrected chi connectivity index (χ1v) is 8.15. The van der Waals surface area contributed by atoms with E-state index in [0.717, 1.165) is 25.7 Å². The molecule has 0 aromatic rings. The summed E-state index contributed by atoms with van der Waals surface area (Å²) in [6.07, 6.45) is 9.92. The minimum absolute atomic E-state index is 0.327. The predicted octanol–water partition coefficient (Wildman–Crippen LogP) is 4.90. The molecule has 0 aliphatic heterocycles. The van der Waals surface area contributed by atoms with Crippen molar-refractivity contribution < 1.29 is 0 Å². The summed E-state index contributed by atoms with van der Waals surface area (Å²) in [6, 6.07) is 0. The van der Waals surface area contributed by atoms with Crippen molar-refractivity contribution in [3.05, 3.63) is 48.4 Å². The van der Waals surface area contributed by atoms with E-state index in [2.05, 4.69) is 46.9 Å². The number of hydrogen-bond donors (Lipinski definition) is 2. The Hall–Kier alpha value is -1.44. The second kappa shape index (κ2) is 10.3. The third-order valence-electron chi connectivity index (χ3n) is 4.37. The van der Waals surface area contributed by atoms with Gasteiger partial charge in [-0.3, -0.25) is 0 Å². The smallest absolute Gasteiger partial charge is 0.0276 e. The predicted molar refractivity (Wildman–Crippen MR) is 95.5 cm³/mol. The molecule has 0 spiro atoms. The van der Waals surface area contributed by atoms with Crippen molar-refractivity contribution >= 4 is 0 Å². The van der Waals surface area contributed by atoms with E-state index in [1.54, 1.807) is 6.20 Å². The summed E-state index contributed by atoms with van der Waals surface area (Å²) in [5.41, 5.74) is 15.1. The van der Waals surface area contributed by atoms with Gasteiger partial charge >= 0.3 is 0 Å². The Labute approximate surface area is 131 Å². The Kier molecular flexibility index (Phi) is 9.60. The Morgan fingerprint density at radius 2 is 1.76 bits per heavy atom. The zero-order valence-corrected chi connectivity index (χ0v) is 14.4. The van der Waals surface area contributed by atoms with Gasteiger partial charge in [0.2, 0.25) is 0 Å². The SMILES string of the molecule is C=CC(CC)C/C(=C(/C(=C)N)C(C)CC)C(/C=C\N)CC. The molecule has 0 aromatic carbocycles. The van der Waals surface area contributed by atoms with Gasteiger partial charge in [-0.25, -0.2) is 0 Å². The van der Waals surface area contributed by atoms with Gasteiger partial charge in [0.15, 0.2) is 0 Å². The molecule has 120 valence electrons. The van der Waals surface area contributed by atoms with E-state index in [4.69, 9.17) is 11.5 Å². The fraction of sp³-hybridized carbons (Fsp3) is 0.579. The van der Waals surface area contributed by atoms with Crippen LogP contribution in [0.2, 0.25) is 0 Å². The molecule has 0 fully saturated rings. The number of hydrogen-bond acceptors (Lipinski definition) is 2. The van der Waals surface area contributed by atoms with Crippen molar-refractivity contribution in [3.63, 3.8) is 0 Å². The highest BCUT2D eigenvalue weighted by Gasteiger charge is 2.21. The molecule has 3 atom stereocenters. The van der Waals surface area contributed by atoms with Crippen LogP contribution in [0.4, 0.5) is 0 Å². The number of rotatable bonds is 10. The largest absolute Gasteiger partial charge is 0.405 e. The number of allylic oxidation sites excluding steroid dienone is 4. The van der Waals surface area contributed by atoms with Crippen LogP contribution in [0.5, 0.6) is 0 Å². The van der Waals surface area contributed by atoms with Crippen molar-refractivity contribution in [2.45, 2.75) is 53.4 Å². The second-order valence-electron chi connectivity index (χ2n) is 5.78. The summed E-state index contributed by atoms with van der Waals surface area (Å²) in [6.45, 7) is 16.8. The summed E-state index contributed by atoms with van der Waals surface area (Å²) in [4.78, 5) is 0. The Bertz CT molecular complexity index is 390. The van der Waals surface area contributed by atoms with Gasteiger partial charge in [0.05, 0.1) is 0 Å². The summed E-state index contributed by atoms with van der Waals surface area (Å²) < 4.78 is 0. The second-order valence-corrected chi connectivity index (χ2v) is 5.78. The van der Waals surface area contributed by atoms with Gasteiger partial charge < -0.3 is 11.5 Å². The molecule has 0 aromatic heterocycles. The molecule has 2 nitrogen and oxygen atoms in total. The van der Waals surface area contributed by atoms with Crippen LogP contribution in [0.1, 0.15) is 53.4 Å². The standard InChI is InChI=1S/C19H34N2/c1-7-14(5)19(15(6)21)18(13-16(8-2)9-3)17(10-4)11-12-20/h8,11-12,14,16-17H,2,6-7,9-10,13,20-21H2,1,3-5H3/b12-11-,19-18-. The van der Waals surface area contributed by atoms with Crippen LogP contribution in [0, 0.1) is 17.8 Å². The van der Waals surface area contributed by atoms with E-state index in [9.17, 15) is 0 Å². The Morgan fingerprint density at radius 1 is 1.14 bits per heavy atom. The molecule has 0 amide bonds. The molecule has 0 saturated heterocycles. The summed E-state index contributed by atoms with van der Waals surface area (Å²) in [5, 5.41) is 0. The zero-order valence-electron chi connectivity index (χ0n) is 14.4. The fourth-order valence-corrected chi connectivity index (χ4v) is 2.81.